The summed E-state index contributed by atoms with van der Waals surface area (Å²) in [7, 11) is 0. The Labute approximate surface area is 238 Å². The van der Waals surface area contributed by atoms with Gasteiger partial charge in [-0.25, -0.2) is 0 Å². The first kappa shape index (κ1) is 25.3. The van der Waals surface area contributed by atoms with Crippen LogP contribution in [0.3, 0.4) is 0 Å². The quantitative estimate of drug-likeness (QED) is 0.240. The van der Waals surface area contributed by atoms with Gasteiger partial charge in [-0.2, -0.15) is 0 Å². The minimum absolute atomic E-state index is 0.175. The highest BCUT2D eigenvalue weighted by Gasteiger charge is 2.42. The van der Waals surface area contributed by atoms with E-state index in [1.165, 1.54) is 12.8 Å². The molecule has 0 bridgehead atoms. The number of aromatic nitrogens is 1. The van der Waals surface area contributed by atoms with Crippen molar-refractivity contribution in [3.63, 3.8) is 0 Å². The van der Waals surface area contributed by atoms with Gasteiger partial charge in [0.1, 0.15) is 11.8 Å². The number of rotatable bonds is 6. The zero-order valence-electron chi connectivity index (χ0n) is 21.1. The Kier molecular flexibility index (Phi) is 7.32. The van der Waals surface area contributed by atoms with Crippen LogP contribution in [0.2, 0.25) is 5.02 Å². The van der Waals surface area contributed by atoms with Gasteiger partial charge in [-0.1, -0.05) is 54.6 Å². The van der Waals surface area contributed by atoms with Gasteiger partial charge in [-0.15, -0.1) is 0 Å². The van der Waals surface area contributed by atoms with E-state index in [0.29, 0.717) is 5.11 Å². The second-order valence-corrected chi connectivity index (χ2v) is 11.7. The van der Waals surface area contributed by atoms with E-state index in [2.05, 4.69) is 51.3 Å². The Morgan fingerprint density at radius 3 is 2.53 bits per heavy atom. The van der Waals surface area contributed by atoms with Crippen LogP contribution in [0.1, 0.15) is 43.3 Å². The number of anilines is 2. The minimum Gasteiger partial charge on any atom is -0.452 e. The molecule has 0 aliphatic carbocycles. The van der Waals surface area contributed by atoms with Crippen LogP contribution in [0.5, 0.6) is 0 Å². The smallest absolute Gasteiger partial charge is 0.174 e. The van der Waals surface area contributed by atoms with Gasteiger partial charge in [-0.3, -0.25) is 4.98 Å². The van der Waals surface area contributed by atoms with Crippen molar-refractivity contribution >= 4 is 52.1 Å². The minimum atomic E-state index is -0.222. The number of furan rings is 1. The average molecular weight is 561 g/mol. The van der Waals surface area contributed by atoms with E-state index in [-0.39, 0.29) is 12.1 Å². The highest BCUT2D eigenvalue weighted by Crippen LogP contribution is 2.45. The van der Waals surface area contributed by atoms with E-state index >= 15 is 0 Å². The predicted molar refractivity (Wildman–Crippen MR) is 159 cm³/mol. The first-order valence-electron chi connectivity index (χ1n) is 12.9. The molecule has 2 saturated heterocycles. The standard InChI is InChI=1S/C30H29ClN4OS2/c1-20-14-17-34(18-15-20)25-11-10-21(19-23(25)31)35-29(28(33-30(35)37)24-9-5-6-16-32-24)26-12-13-27(36-26)38-22-7-3-2-4-8-22/h2-13,16,19-20,28-29H,14-15,17-18H2,1H3,(H,33,37)/t28-,29+/m1/s1. The van der Waals surface area contributed by atoms with Crippen LogP contribution >= 0.6 is 35.6 Å². The van der Waals surface area contributed by atoms with Crippen LogP contribution in [0.25, 0.3) is 0 Å². The molecule has 0 spiro atoms. The number of hydrogen-bond acceptors (Lipinski definition) is 5. The molecule has 2 aliphatic rings. The first-order valence-corrected chi connectivity index (χ1v) is 14.5. The van der Waals surface area contributed by atoms with Gasteiger partial charge in [0.2, 0.25) is 0 Å². The molecule has 2 aliphatic heterocycles. The Morgan fingerprint density at radius 2 is 1.79 bits per heavy atom. The zero-order valence-corrected chi connectivity index (χ0v) is 23.5. The lowest BCUT2D eigenvalue weighted by atomic mass is 9.98. The summed E-state index contributed by atoms with van der Waals surface area (Å²) in [5, 5.41) is 5.69. The fourth-order valence-corrected chi connectivity index (χ4v) is 6.67. The van der Waals surface area contributed by atoms with Crippen LogP contribution in [-0.4, -0.2) is 23.2 Å². The number of pyridine rings is 1. The zero-order chi connectivity index (χ0) is 26.1. The van der Waals surface area contributed by atoms with Crippen molar-refractivity contribution in [3.05, 3.63) is 102 Å². The molecule has 2 aromatic heterocycles. The third kappa shape index (κ3) is 5.15. The SMILES string of the molecule is CC1CCN(c2ccc(N3C(=S)N[C@H](c4ccccn4)[C@@H]3c3ccc(Sc4ccccc4)o3)cc2Cl)CC1. The van der Waals surface area contributed by atoms with Crippen LogP contribution < -0.4 is 15.1 Å². The molecule has 5 nitrogen and oxygen atoms in total. The molecule has 2 fully saturated rings. The Balaban J connectivity index is 1.34. The lowest BCUT2D eigenvalue weighted by Crippen LogP contribution is -2.33. The van der Waals surface area contributed by atoms with Crippen molar-refractivity contribution < 1.29 is 4.42 Å². The summed E-state index contributed by atoms with van der Waals surface area (Å²) in [6, 6.07) is 26.1. The van der Waals surface area contributed by atoms with E-state index in [1.807, 2.05) is 60.8 Å². The summed E-state index contributed by atoms with van der Waals surface area (Å²) >= 11 is 14.4. The number of piperidine rings is 1. The molecule has 2 atom stereocenters. The number of thiocarbonyl (C=S) groups is 1. The van der Waals surface area contributed by atoms with Crippen LogP contribution in [-0.2, 0) is 0 Å². The van der Waals surface area contributed by atoms with Gasteiger partial charge < -0.3 is 19.5 Å². The Bertz CT molecular complexity index is 1410. The van der Waals surface area contributed by atoms with Crippen molar-refractivity contribution in [2.24, 2.45) is 5.92 Å². The predicted octanol–water partition coefficient (Wildman–Crippen LogP) is 7.89. The van der Waals surface area contributed by atoms with Gasteiger partial charge in [0.05, 0.1) is 22.4 Å². The molecule has 0 radical (unpaired) electrons. The maximum absolute atomic E-state index is 6.90. The molecule has 2 aromatic carbocycles. The van der Waals surface area contributed by atoms with Gasteiger partial charge in [0.15, 0.2) is 10.2 Å². The van der Waals surface area contributed by atoms with Crippen LogP contribution in [0, 0.1) is 5.92 Å². The molecule has 1 N–H and O–H groups in total. The summed E-state index contributed by atoms with van der Waals surface area (Å²) in [5.41, 5.74) is 2.91. The summed E-state index contributed by atoms with van der Waals surface area (Å²) < 4.78 is 6.44. The highest BCUT2D eigenvalue weighted by molar-refractivity contribution is 7.99. The van der Waals surface area contributed by atoms with E-state index in [9.17, 15) is 0 Å². The topological polar surface area (TPSA) is 44.5 Å². The van der Waals surface area contributed by atoms with Gasteiger partial charge >= 0.3 is 0 Å². The third-order valence-corrected chi connectivity index (χ3v) is 8.83. The van der Waals surface area contributed by atoms with Crippen molar-refractivity contribution in [3.8, 4) is 0 Å². The van der Waals surface area contributed by atoms with E-state index < -0.39 is 0 Å². The summed E-state index contributed by atoms with van der Waals surface area (Å²) in [4.78, 5) is 10.3. The average Bonchev–Trinajstić information content (AvgIpc) is 3.54. The molecule has 4 aromatic rings. The number of halogens is 1. The van der Waals surface area contributed by atoms with E-state index in [4.69, 9.17) is 28.2 Å². The first-order chi connectivity index (χ1) is 18.6. The molecule has 38 heavy (non-hydrogen) atoms. The number of nitrogens with zero attached hydrogens (tertiary/aromatic N) is 3. The van der Waals surface area contributed by atoms with Crippen molar-refractivity contribution in [2.45, 2.75) is 41.8 Å². The molecular weight excluding hydrogens is 532 g/mol. The van der Waals surface area contributed by atoms with E-state index in [0.717, 1.165) is 56.8 Å². The largest absolute Gasteiger partial charge is 0.452 e. The summed E-state index contributed by atoms with van der Waals surface area (Å²) in [6.07, 6.45) is 4.19. The fraction of sp³-hybridized carbons (Fsp3) is 0.267. The second kappa shape index (κ2) is 11.0. The molecule has 194 valence electrons. The molecule has 6 rings (SSSR count). The Hall–Kier alpha value is -3.00. The second-order valence-electron chi connectivity index (χ2n) is 9.87. The lowest BCUT2D eigenvalue weighted by Gasteiger charge is -2.33. The lowest BCUT2D eigenvalue weighted by molar-refractivity contribution is 0.383. The summed E-state index contributed by atoms with van der Waals surface area (Å²) in [5.74, 6) is 1.58. The van der Waals surface area contributed by atoms with Crippen LogP contribution in [0.15, 0.2) is 99.5 Å². The maximum Gasteiger partial charge on any atom is 0.174 e. The molecule has 0 amide bonds. The van der Waals surface area contributed by atoms with Gasteiger partial charge in [0.25, 0.3) is 0 Å². The van der Waals surface area contributed by atoms with Crippen molar-refractivity contribution in [1.29, 1.82) is 0 Å². The monoisotopic (exact) mass is 560 g/mol. The van der Waals surface area contributed by atoms with E-state index in [1.54, 1.807) is 11.8 Å². The summed E-state index contributed by atoms with van der Waals surface area (Å²) in [6.45, 7) is 4.38. The number of benzene rings is 2. The molecule has 4 heterocycles. The maximum atomic E-state index is 6.90. The molecular formula is C30H29ClN4OS2. The van der Waals surface area contributed by atoms with Gasteiger partial charge in [-0.05, 0) is 85.6 Å². The van der Waals surface area contributed by atoms with Crippen LogP contribution in [0.4, 0.5) is 11.4 Å². The molecule has 0 unspecified atom stereocenters. The normalized spacial score (nSPS) is 20.1. The van der Waals surface area contributed by atoms with Crippen molar-refractivity contribution in [1.82, 2.24) is 10.3 Å². The molecule has 0 saturated carbocycles. The van der Waals surface area contributed by atoms with Gasteiger partial charge in [0, 0.05) is 29.9 Å². The highest BCUT2D eigenvalue weighted by atomic mass is 35.5. The molecule has 8 heteroatoms. The number of hydrogen-bond donors (Lipinski definition) is 1. The third-order valence-electron chi connectivity index (χ3n) is 7.29. The fourth-order valence-electron chi connectivity index (χ4n) is 5.23. The number of nitrogens with one attached hydrogen (secondary N) is 1. The van der Waals surface area contributed by atoms with Crippen molar-refractivity contribution in [2.75, 3.05) is 22.9 Å². The Morgan fingerprint density at radius 1 is 1.00 bits per heavy atom.